The topological polar surface area (TPSA) is 72.1 Å². The van der Waals surface area contributed by atoms with Crippen LogP contribution in [0, 0.1) is 0 Å². The summed E-state index contributed by atoms with van der Waals surface area (Å²) in [5, 5.41) is 6.82. The second-order valence-electron chi connectivity index (χ2n) is 7.51. The van der Waals surface area contributed by atoms with Crippen LogP contribution in [0.25, 0.3) is 0 Å². The maximum atomic E-state index is 12.2. The third-order valence-corrected chi connectivity index (χ3v) is 5.43. The van der Waals surface area contributed by atoms with Gasteiger partial charge in [0.05, 0.1) is 19.8 Å². The van der Waals surface area contributed by atoms with Crippen molar-refractivity contribution in [2.24, 2.45) is 0 Å². The highest BCUT2D eigenvalue weighted by Crippen LogP contribution is 2.33. The van der Waals surface area contributed by atoms with E-state index in [2.05, 4.69) is 15.5 Å². The molecule has 0 bridgehead atoms. The second kappa shape index (κ2) is 13.3. The first kappa shape index (κ1) is 24.3. The lowest BCUT2D eigenvalue weighted by molar-refractivity contribution is -0.118. The van der Waals surface area contributed by atoms with Crippen LogP contribution < -0.4 is 20.1 Å². The minimum absolute atomic E-state index is 0.134. The molecule has 2 aromatic carbocycles. The molecular weight excluding hydrogens is 430 g/mol. The number of carbonyl (C=O) groups excluding carboxylic acids is 1. The SMILES string of the molecule is CCOc1cc(CNCCCN2CCOCC2)c(Cl)cc1OCC(=O)Nc1ccccc1. The number of halogens is 1. The molecule has 1 saturated heterocycles. The van der Waals surface area contributed by atoms with Crippen molar-refractivity contribution in [3.05, 3.63) is 53.1 Å². The van der Waals surface area contributed by atoms with Gasteiger partial charge < -0.3 is 24.8 Å². The highest BCUT2D eigenvalue weighted by Gasteiger charge is 2.14. The van der Waals surface area contributed by atoms with Crippen molar-refractivity contribution in [2.45, 2.75) is 19.9 Å². The second-order valence-corrected chi connectivity index (χ2v) is 7.92. The standard InChI is InChI=1S/C24H32ClN3O4/c1-2-31-22-15-19(17-26-9-6-10-28-11-13-30-14-12-28)21(25)16-23(22)32-18-24(29)27-20-7-4-3-5-8-20/h3-5,7-8,15-16,26H,2,6,9-14,17-18H2,1H3,(H,27,29). The van der Waals surface area contributed by atoms with Crippen molar-refractivity contribution < 1.29 is 19.0 Å². The Hall–Kier alpha value is -2.32. The smallest absolute Gasteiger partial charge is 0.262 e. The fourth-order valence-electron chi connectivity index (χ4n) is 3.43. The summed E-state index contributed by atoms with van der Waals surface area (Å²) in [5.41, 5.74) is 1.65. The van der Waals surface area contributed by atoms with E-state index in [9.17, 15) is 4.79 Å². The van der Waals surface area contributed by atoms with Crippen LogP contribution in [0.1, 0.15) is 18.9 Å². The van der Waals surface area contributed by atoms with Crippen LogP contribution >= 0.6 is 11.6 Å². The van der Waals surface area contributed by atoms with Gasteiger partial charge in [0.25, 0.3) is 5.91 Å². The molecule has 1 amide bonds. The average Bonchev–Trinajstić information content (AvgIpc) is 2.81. The van der Waals surface area contributed by atoms with Crippen molar-refractivity contribution in [2.75, 3.05) is 57.9 Å². The van der Waals surface area contributed by atoms with E-state index in [-0.39, 0.29) is 12.5 Å². The number of amides is 1. The highest BCUT2D eigenvalue weighted by atomic mass is 35.5. The molecule has 1 aliphatic rings. The summed E-state index contributed by atoms with van der Waals surface area (Å²) in [6, 6.07) is 12.9. The largest absolute Gasteiger partial charge is 0.490 e. The van der Waals surface area contributed by atoms with E-state index in [1.54, 1.807) is 6.07 Å². The summed E-state index contributed by atoms with van der Waals surface area (Å²) in [6.45, 7) is 8.52. The van der Waals surface area contributed by atoms with Crippen molar-refractivity contribution in [3.8, 4) is 11.5 Å². The first-order valence-electron chi connectivity index (χ1n) is 11.1. The number of hydrogen-bond donors (Lipinski definition) is 2. The summed E-state index contributed by atoms with van der Waals surface area (Å²) >= 11 is 6.48. The van der Waals surface area contributed by atoms with Gasteiger partial charge in [-0.15, -0.1) is 0 Å². The van der Waals surface area contributed by atoms with E-state index < -0.39 is 0 Å². The lowest BCUT2D eigenvalue weighted by atomic mass is 10.2. The van der Waals surface area contributed by atoms with Crippen molar-refractivity contribution in [1.82, 2.24) is 10.2 Å². The Bertz CT molecular complexity index is 845. The zero-order chi connectivity index (χ0) is 22.6. The molecule has 174 valence electrons. The number of morpholine rings is 1. The third kappa shape index (κ3) is 7.98. The number of ether oxygens (including phenoxy) is 3. The number of benzene rings is 2. The maximum absolute atomic E-state index is 12.2. The number of nitrogens with zero attached hydrogens (tertiary/aromatic N) is 1. The van der Waals surface area contributed by atoms with Gasteiger partial charge in [-0.3, -0.25) is 9.69 Å². The Morgan fingerprint density at radius 3 is 2.62 bits per heavy atom. The number of para-hydroxylation sites is 1. The number of hydrogen-bond acceptors (Lipinski definition) is 6. The molecule has 1 fully saturated rings. The van der Waals surface area contributed by atoms with E-state index in [1.165, 1.54) is 0 Å². The summed E-state index contributed by atoms with van der Waals surface area (Å²) in [4.78, 5) is 14.6. The fourth-order valence-corrected chi connectivity index (χ4v) is 3.65. The number of nitrogens with one attached hydrogen (secondary N) is 2. The minimum atomic E-state index is -0.249. The van der Waals surface area contributed by atoms with Gasteiger partial charge in [0.15, 0.2) is 18.1 Å². The monoisotopic (exact) mass is 461 g/mol. The van der Waals surface area contributed by atoms with Crippen LogP contribution in [-0.4, -0.2) is 63.4 Å². The normalized spacial score (nSPS) is 14.2. The van der Waals surface area contributed by atoms with E-state index in [0.29, 0.717) is 29.7 Å². The molecule has 0 aromatic heterocycles. The first-order chi connectivity index (χ1) is 15.7. The van der Waals surface area contributed by atoms with E-state index >= 15 is 0 Å². The van der Waals surface area contributed by atoms with E-state index in [0.717, 1.165) is 57.1 Å². The summed E-state index contributed by atoms with van der Waals surface area (Å²) in [7, 11) is 0. The molecule has 7 nitrogen and oxygen atoms in total. The molecule has 8 heteroatoms. The molecule has 0 saturated carbocycles. The van der Waals surface area contributed by atoms with Crippen molar-refractivity contribution >= 4 is 23.2 Å². The van der Waals surface area contributed by atoms with Gasteiger partial charge in [0.2, 0.25) is 0 Å². The molecule has 0 aliphatic carbocycles. The molecule has 3 rings (SSSR count). The minimum Gasteiger partial charge on any atom is -0.490 e. The zero-order valence-corrected chi connectivity index (χ0v) is 19.3. The van der Waals surface area contributed by atoms with Gasteiger partial charge in [-0.2, -0.15) is 0 Å². The first-order valence-corrected chi connectivity index (χ1v) is 11.5. The zero-order valence-electron chi connectivity index (χ0n) is 18.6. The van der Waals surface area contributed by atoms with Gasteiger partial charge in [0, 0.05) is 36.4 Å². The Labute approximate surface area is 195 Å². The quantitative estimate of drug-likeness (QED) is 0.471. The number of rotatable bonds is 12. The molecule has 2 aromatic rings. The molecular formula is C24H32ClN3O4. The molecule has 32 heavy (non-hydrogen) atoms. The van der Waals surface area contributed by atoms with E-state index in [1.807, 2.05) is 43.3 Å². The molecule has 2 N–H and O–H groups in total. The van der Waals surface area contributed by atoms with Crippen LogP contribution in [0.15, 0.2) is 42.5 Å². The molecule has 1 aliphatic heterocycles. The van der Waals surface area contributed by atoms with Gasteiger partial charge in [-0.25, -0.2) is 0 Å². The summed E-state index contributed by atoms with van der Waals surface area (Å²) in [5.74, 6) is 0.784. The maximum Gasteiger partial charge on any atom is 0.262 e. The van der Waals surface area contributed by atoms with Gasteiger partial charge in [-0.05, 0) is 50.2 Å². The predicted molar refractivity (Wildman–Crippen MR) is 127 cm³/mol. The van der Waals surface area contributed by atoms with Crippen molar-refractivity contribution in [3.63, 3.8) is 0 Å². The Kier molecular flexibility index (Phi) is 10.1. The third-order valence-electron chi connectivity index (χ3n) is 5.08. The highest BCUT2D eigenvalue weighted by molar-refractivity contribution is 6.31. The molecule has 1 heterocycles. The van der Waals surface area contributed by atoms with Crippen molar-refractivity contribution in [1.29, 1.82) is 0 Å². The lowest BCUT2D eigenvalue weighted by Gasteiger charge is -2.26. The molecule has 0 atom stereocenters. The molecule has 0 spiro atoms. The number of carbonyl (C=O) groups is 1. The Morgan fingerprint density at radius 2 is 1.88 bits per heavy atom. The van der Waals surface area contributed by atoms with Gasteiger partial charge in [0.1, 0.15) is 0 Å². The number of anilines is 1. The Morgan fingerprint density at radius 1 is 1.12 bits per heavy atom. The van der Waals surface area contributed by atoms with Crippen LogP contribution in [0.3, 0.4) is 0 Å². The molecule has 0 radical (unpaired) electrons. The summed E-state index contributed by atoms with van der Waals surface area (Å²) < 4.78 is 16.8. The lowest BCUT2D eigenvalue weighted by Crippen LogP contribution is -2.37. The average molecular weight is 462 g/mol. The van der Waals surface area contributed by atoms with Gasteiger partial charge >= 0.3 is 0 Å². The predicted octanol–water partition coefficient (Wildman–Crippen LogP) is 3.57. The molecule has 0 unspecified atom stereocenters. The summed E-state index contributed by atoms with van der Waals surface area (Å²) in [6.07, 6.45) is 1.06. The van der Waals surface area contributed by atoms with Crippen LogP contribution in [0.4, 0.5) is 5.69 Å². The van der Waals surface area contributed by atoms with Crippen LogP contribution in [-0.2, 0) is 16.1 Å². The van der Waals surface area contributed by atoms with Crippen LogP contribution in [0.5, 0.6) is 11.5 Å². The Balaban J connectivity index is 1.49. The fraction of sp³-hybridized carbons (Fsp3) is 0.458. The van der Waals surface area contributed by atoms with Gasteiger partial charge in [-0.1, -0.05) is 29.8 Å². The van der Waals surface area contributed by atoms with E-state index in [4.69, 9.17) is 25.8 Å². The van der Waals surface area contributed by atoms with Crippen LogP contribution in [0.2, 0.25) is 5.02 Å².